The van der Waals surface area contributed by atoms with Crippen molar-refractivity contribution in [3.63, 3.8) is 0 Å². The molecule has 0 fully saturated rings. The Kier molecular flexibility index (Phi) is 50.1. The van der Waals surface area contributed by atoms with Gasteiger partial charge in [-0.3, -0.25) is 14.4 Å². The van der Waals surface area contributed by atoms with E-state index in [0.29, 0.717) is 19.3 Å². The zero-order valence-corrected chi connectivity index (χ0v) is 43.0. The maximum atomic E-state index is 12.8. The Balaban J connectivity index is 4.27. The van der Waals surface area contributed by atoms with Crippen LogP contribution in [-0.2, 0) is 28.6 Å². The summed E-state index contributed by atoms with van der Waals surface area (Å²) in [5.74, 6) is 0.0152. The summed E-state index contributed by atoms with van der Waals surface area (Å²) < 4.78 is 16.9. The highest BCUT2D eigenvalue weighted by atomic mass is 16.6. The number of carbonyl (C=O) groups excluding carboxylic acids is 3. The first-order valence-corrected chi connectivity index (χ1v) is 28.4. The summed E-state index contributed by atoms with van der Waals surface area (Å²) in [6.07, 6.45) is 55.2. The molecule has 0 aliphatic heterocycles. The van der Waals surface area contributed by atoms with E-state index in [1.54, 1.807) is 0 Å². The van der Waals surface area contributed by atoms with E-state index in [4.69, 9.17) is 14.2 Å². The van der Waals surface area contributed by atoms with Crippen LogP contribution in [0.25, 0.3) is 0 Å². The fourth-order valence-electron chi connectivity index (χ4n) is 8.75. The molecule has 0 aliphatic rings. The summed E-state index contributed by atoms with van der Waals surface area (Å²) in [7, 11) is 0. The van der Waals surface area contributed by atoms with Crippen molar-refractivity contribution in [2.24, 2.45) is 5.92 Å². The summed E-state index contributed by atoms with van der Waals surface area (Å²) in [6, 6.07) is 0. The Hall–Kier alpha value is -1.59. The number of carbonyl (C=O) groups is 3. The van der Waals surface area contributed by atoms with Gasteiger partial charge in [-0.15, -0.1) is 0 Å². The second-order valence-electron chi connectivity index (χ2n) is 20.1. The maximum Gasteiger partial charge on any atom is 0.306 e. The molecule has 1 atom stereocenters. The van der Waals surface area contributed by atoms with Crippen LogP contribution in [0.15, 0.2) is 0 Å². The van der Waals surface area contributed by atoms with Crippen molar-refractivity contribution in [1.29, 1.82) is 0 Å². The number of esters is 3. The van der Waals surface area contributed by atoms with Crippen LogP contribution in [0.1, 0.15) is 323 Å². The highest BCUT2D eigenvalue weighted by Gasteiger charge is 2.19. The van der Waals surface area contributed by atoms with Crippen LogP contribution < -0.4 is 0 Å². The molecule has 0 N–H and O–H groups in total. The molecular formula is C57H110O6. The third-order valence-corrected chi connectivity index (χ3v) is 13.0. The average molecular weight is 892 g/mol. The van der Waals surface area contributed by atoms with Crippen molar-refractivity contribution < 1.29 is 28.6 Å². The first-order chi connectivity index (χ1) is 30.9. The van der Waals surface area contributed by atoms with Gasteiger partial charge in [0.25, 0.3) is 0 Å². The number of rotatable bonds is 52. The molecule has 0 spiro atoms. The van der Waals surface area contributed by atoms with Gasteiger partial charge in [-0.1, -0.05) is 285 Å². The van der Waals surface area contributed by atoms with Gasteiger partial charge in [-0.2, -0.15) is 0 Å². The molecular weight excluding hydrogens is 781 g/mol. The van der Waals surface area contributed by atoms with E-state index < -0.39 is 6.10 Å². The molecule has 0 saturated carbocycles. The van der Waals surface area contributed by atoms with E-state index in [1.807, 2.05) is 0 Å². The molecule has 0 aromatic heterocycles. The lowest BCUT2D eigenvalue weighted by atomic mass is 10.0. The predicted molar refractivity (Wildman–Crippen MR) is 270 cm³/mol. The summed E-state index contributed by atoms with van der Waals surface area (Å²) >= 11 is 0. The van der Waals surface area contributed by atoms with Crippen molar-refractivity contribution in [3.8, 4) is 0 Å². The SMILES string of the molecule is CCCCCCCCCCCCCCCCC(=O)OC[C@H](COC(=O)CCCCCCCCCCCCCC)OC(=O)CCCCCCCCCCCCCCCCCCC(C)C. The fraction of sp³-hybridized carbons (Fsp3) is 0.947. The lowest BCUT2D eigenvalue weighted by Crippen LogP contribution is -2.30. The van der Waals surface area contributed by atoms with Crippen LogP contribution in [0.3, 0.4) is 0 Å². The number of ether oxygens (including phenoxy) is 3. The lowest BCUT2D eigenvalue weighted by Gasteiger charge is -2.18. The van der Waals surface area contributed by atoms with Crippen LogP contribution in [0, 0.1) is 5.92 Å². The Morgan fingerprint density at radius 3 is 0.778 bits per heavy atom. The molecule has 6 heteroatoms. The molecule has 0 radical (unpaired) electrons. The third kappa shape index (κ3) is 51.3. The minimum Gasteiger partial charge on any atom is -0.462 e. The summed E-state index contributed by atoms with van der Waals surface area (Å²) in [5, 5.41) is 0. The largest absolute Gasteiger partial charge is 0.462 e. The second kappa shape index (κ2) is 51.4. The molecule has 0 aromatic rings. The molecule has 0 amide bonds. The summed E-state index contributed by atoms with van der Waals surface area (Å²) in [6.45, 7) is 9.06. The highest BCUT2D eigenvalue weighted by molar-refractivity contribution is 5.71. The molecule has 0 heterocycles. The van der Waals surface area contributed by atoms with Crippen LogP contribution in [0.5, 0.6) is 0 Å². The van der Waals surface area contributed by atoms with Crippen LogP contribution in [-0.4, -0.2) is 37.2 Å². The quantitative estimate of drug-likeness (QED) is 0.0344. The van der Waals surface area contributed by atoms with Gasteiger partial charge in [0.15, 0.2) is 6.10 Å². The monoisotopic (exact) mass is 891 g/mol. The van der Waals surface area contributed by atoms with E-state index >= 15 is 0 Å². The van der Waals surface area contributed by atoms with Gasteiger partial charge in [-0.05, 0) is 25.2 Å². The molecule has 0 saturated heterocycles. The summed E-state index contributed by atoms with van der Waals surface area (Å²) in [4.78, 5) is 38.1. The lowest BCUT2D eigenvalue weighted by molar-refractivity contribution is -0.167. The number of hydrogen-bond acceptors (Lipinski definition) is 6. The van der Waals surface area contributed by atoms with Gasteiger partial charge < -0.3 is 14.2 Å². The van der Waals surface area contributed by atoms with E-state index in [2.05, 4.69) is 27.7 Å². The molecule has 0 aromatic carbocycles. The van der Waals surface area contributed by atoms with E-state index in [0.717, 1.165) is 63.7 Å². The number of unbranched alkanes of at least 4 members (excludes halogenated alkanes) is 39. The molecule has 0 rings (SSSR count). The molecule has 63 heavy (non-hydrogen) atoms. The van der Waals surface area contributed by atoms with Crippen molar-refractivity contribution in [3.05, 3.63) is 0 Å². The molecule has 374 valence electrons. The Bertz CT molecular complexity index is 949. The van der Waals surface area contributed by atoms with E-state index in [-0.39, 0.29) is 31.1 Å². The van der Waals surface area contributed by atoms with Gasteiger partial charge in [0, 0.05) is 19.3 Å². The van der Waals surface area contributed by atoms with Gasteiger partial charge >= 0.3 is 17.9 Å². The van der Waals surface area contributed by atoms with Gasteiger partial charge in [0.2, 0.25) is 0 Å². The minimum absolute atomic E-state index is 0.0619. The molecule has 0 aliphatic carbocycles. The highest BCUT2D eigenvalue weighted by Crippen LogP contribution is 2.18. The first kappa shape index (κ1) is 61.4. The fourth-order valence-corrected chi connectivity index (χ4v) is 8.75. The maximum absolute atomic E-state index is 12.8. The van der Waals surface area contributed by atoms with Crippen molar-refractivity contribution >= 4 is 17.9 Å². The standard InChI is InChI=1S/C57H110O6/c1-5-7-9-11-13-15-17-19-25-29-33-37-41-45-49-56(59)62-52-54(51-61-55(58)48-44-40-36-32-28-18-16-14-12-10-8-6-2)63-57(60)50-46-42-38-34-30-26-23-21-20-22-24-27-31-35-39-43-47-53(3)4/h53-54H,5-52H2,1-4H3/t54-/m0/s1. The Morgan fingerprint density at radius 2 is 0.524 bits per heavy atom. The zero-order valence-electron chi connectivity index (χ0n) is 43.0. The predicted octanol–water partition coefficient (Wildman–Crippen LogP) is 18.6. The molecule has 0 unspecified atom stereocenters. The third-order valence-electron chi connectivity index (χ3n) is 13.0. The molecule has 6 nitrogen and oxygen atoms in total. The summed E-state index contributed by atoms with van der Waals surface area (Å²) in [5.41, 5.74) is 0. The van der Waals surface area contributed by atoms with E-state index in [1.165, 1.54) is 218 Å². The van der Waals surface area contributed by atoms with Crippen LogP contribution in [0.4, 0.5) is 0 Å². The van der Waals surface area contributed by atoms with Crippen molar-refractivity contribution in [2.45, 2.75) is 329 Å². The topological polar surface area (TPSA) is 78.9 Å². The van der Waals surface area contributed by atoms with E-state index in [9.17, 15) is 14.4 Å². The van der Waals surface area contributed by atoms with Gasteiger partial charge in [0.05, 0.1) is 0 Å². The zero-order chi connectivity index (χ0) is 45.9. The Morgan fingerprint density at radius 1 is 0.302 bits per heavy atom. The smallest absolute Gasteiger partial charge is 0.306 e. The molecule has 0 bridgehead atoms. The number of hydrogen-bond donors (Lipinski definition) is 0. The Labute approximate surface area is 393 Å². The van der Waals surface area contributed by atoms with Crippen LogP contribution in [0.2, 0.25) is 0 Å². The van der Waals surface area contributed by atoms with Crippen LogP contribution >= 0.6 is 0 Å². The normalized spacial score (nSPS) is 12.0. The second-order valence-corrected chi connectivity index (χ2v) is 20.1. The van der Waals surface area contributed by atoms with Gasteiger partial charge in [0.1, 0.15) is 13.2 Å². The van der Waals surface area contributed by atoms with Crippen molar-refractivity contribution in [1.82, 2.24) is 0 Å². The average Bonchev–Trinajstić information content (AvgIpc) is 3.27. The van der Waals surface area contributed by atoms with Gasteiger partial charge in [-0.25, -0.2) is 0 Å². The minimum atomic E-state index is -0.761. The van der Waals surface area contributed by atoms with Crippen molar-refractivity contribution in [2.75, 3.05) is 13.2 Å². The first-order valence-electron chi connectivity index (χ1n) is 28.4.